The summed E-state index contributed by atoms with van der Waals surface area (Å²) in [6, 6.07) is 0. The average molecular weight is 243 g/mol. The SMILES string of the molecule is CN(CCCC(=O)O)CCOCC(F)(F)F. The van der Waals surface area contributed by atoms with E-state index in [0.29, 0.717) is 19.5 Å². The van der Waals surface area contributed by atoms with E-state index in [9.17, 15) is 18.0 Å². The van der Waals surface area contributed by atoms with Crippen LogP contribution in [0.15, 0.2) is 0 Å². The van der Waals surface area contributed by atoms with Crippen LogP contribution in [-0.4, -0.2) is 55.5 Å². The van der Waals surface area contributed by atoms with Crippen LogP contribution in [0.2, 0.25) is 0 Å². The zero-order valence-corrected chi connectivity index (χ0v) is 9.09. The summed E-state index contributed by atoms with van der Waals surface area (Å²) in [6.07, 6.45) is -3.75. The third-order valence-electron chi connectivity index (χ3n) is 1.81. The number of carboxylic acids is 1. The molecule has 0 spiro atoms. The van der Waals surface area contributed by atoms with Gasteiger partial charge < -0.3 is 14.7 Å². The monoisotopic (exact) mass is 243 g/mol. The van der Waals surface area contributed by atoms with Crippen molar-refractivity contribution in [2.24, 2.45) is 0 Å². The van der Waals surface area contributed by atoms with Crippen LogP contribution in [0.25, 0.3) is 0 Å². The van der Waals surface area contributed by atoms with E-state index in [1.807, 2.05) is 0 Å². The van der Waals surface area contributed by atoms with E-state index in [0.717, 1.165) is 0 Å². The maximum Gasteiger partial charge on any atom is 0.411 e. The lowest BCUT2D eigenvalue weighted by molar-refractivity contribution is -0.174. The molecule has 4 nitrogen and oxygen atoms in total. The first-order valence-electron chi connectivity index (χ1n) is 4.86. The Labute approximate surface area is 92.0 Å². The number of hydrogen-bond acceptors (Lipinski definition) is 3. The number of carboxylic acid groups (broad SMARTS) is 1. The molecule has 96 valence electrons. The van der Waals surface area contributed by atoms with Crippen LogP contribution in [0, 0.1) is 0 Å². The number of rotatable bonds is 8. The Kier molecular flexibility index (Phi) is 7.07. The van der Waals surface area contributed by atoms with Gasteiger partial charge in [-0.1, -0.05) is 0 Å². The predicted molar refractivity (Wildman–Crippen MR) is 51.2 cm³/mol. The normalized spacial score (nSPS) is 12.1. The Bertz CT molecular complexity index is 209. The number of carbonyl (C=O) groups is 1. The van der Waals surface area contributed by atoms with Crippen LogP contribution in [0.4, 0.5) is 13.2 Å². The summed E-state index contributed by atoms with van der Waals surface area (Å²) in [5.74, 6) is -0.873. The molecule has 0 fully saturated rings. The summed E-state index contributed by atoms with van der Waals surface area (Å²) < 4.78 is 39.4. The second kappa shape index (κ2) is 7.45. The zero-order chi connectivity index (χ0) is 12.6. The lowest BCUT2D eigenvalue weighted by atomic mass is 10.3. The molecule has 16 heavy (non-hydrogen) atoms. The molecule has 0 bridgehead atoms. The van der Waals surface area contributed by atoms with Gasteiger partial charge in [0.2, 0.25) is 0 Å². The second-order valence-corrected chi connectivity index (χ2v) is 3.47. The van der Waals surface area contributed by atoms with Crippen molar-refractivity contribution in [3.8, 4) is 0 Å². The first-order chi connectivity index (χ1) is 7.31. The van der Waals surface area contributed by atoms with E-state index in [4.69, 9.17) is 5.11 Å². The summed E-state index contributed by atoms with van der Waals surface area (Å²) in [4.78, 5) is 11.9. The molecule has 0 radical (unpaired) electrons. The molecule has 0 aliphatic rings. The van der Waals surface area contributed by atoms with Gasteiger partial charge in [-0.15, -0.1) is 0 Å². The van der Waals surface area contributed by atoms with Gasteiger partial charge in [0.1, 0.15) is 6.61 Å². The fraction of sp³-hybridized carbons (Fsp3) is 0.889. The molecule has 0 amide bonds. The quantitative estimate of drug-likeness (QED) is 0.654. The third-order valence-corrected chi connectivity index (χ3v) is 1.81. The van der Waals surface area contributed by atoms with E-state index in [1.54, 1.807) is 11.9 Å². The van der Waals surface area contributed by atoms with Crippen LogP contribution in [0.5, 0.6) is 0 Å². The van der Waals surface area contributed by atoms with E-state index < -0.39 is 18.8 Å². The molecular weight excluding hydrogens is 227 g/mol. The molecule has 0 unspecified atom stereocenters. The smallest absolute Gasteiger partial charge is 0.411 e. The summed E-state index contributed by atoms with van der Waals surface area (Å²) in [7, 11) is 1.71. The highest BCUT2D eigenvalue weighted by Crippen LogP contribution is 2.14. The number of nitrogens with zero attached hydrogens (tertiary/aromatic N) is 1. The Morgan fingerprint density at radius 1 is 1.38 bits per heavy atom. The predicted octanol–water partition coefficient (Wildman–Crippen LogP) is 1.36. The van der Waals surface area contributed by atoms with Crippen LogP contribution in [0.3, 0.4) is 0 Å². The van der Waals surface area contributed by atoms with Crippen molar-refractivity contribution in [1.82, 2.24) is 4.90 Å². The van der Waals surface area contributed by atoms with Crippen molar-refractivity contribution in [3.05, 3.63) is 0 Å². The van der Waals surface area contributed by atoms with E-state index in [2.05, 4.69) is 4.74 Å². The van der Waals surface area contributed by atoms with Gasteiger partial charge in [-0.3, -0.25) is 4.79 Å². The Balaban J connectivity index is 3.37. The minimum atomic E-state index is -4.29. The zero-order valence-electron chi connectivity index (χ0n) is 9.09. The van der Waals surface area contributed by atoms with E-state index >= 15 is 0 Å². The highest BCUT2D eigenvalue weighted by atomic mass is 19.4. The highest BCUT2D eigenvalue weighted by molar-refractivity contribution is 5.66. The molecule has 0 aromatic heterocycles. The maximum absolute atomic E-state index is 11.7. The first-order valence-corrected chi connectivity index (χ1v) is 4.86. The number of halogens is 3. The maximum atomic E-state index is 11.7. The van der Waals surface area contributed by atoms with Gasteiger partial charge >= 0.3 is 12.1 Å². The fourth-order valence-electron chi connectivity index (χ4n) is 1.02. The van der Waals surface area contributed by atoms with Gasteiger partial charge in [0.05, 0.1) is 6.61 Å². The number of ether oxygens (including phenoxy) is 1. The molecule has 0 rings (SSSR count). The lowest BCUT2D eigenvalue weighted by Crippen LogP contribution is -2.27. The summed E-state index contributed by atoms with van der Waals surface area (Å²) >= 11 is 0. The van der Waals surface area contributed by atoms with Crippen molar-refractivity contribution in [1.29, 1.82) is 0 Å². The summed E-state index contributed by atoms with van der Waals surface area (Å²) in [5.41, 5.74) is 0. The topological polar surface area (TPSA) is 49.8 Å². The number of likely N-dealkylation sites (N-methyl/N-ethyl adjacent to an activating group) is 1. The average Bonchev–Trinajstić information content (AvgIpc) is 2.10. The Hall–Kier alpha value is -0.820. The summed E-state index contributed by atoms with van der Waals surface area (Å²) in [5, 5.41) is 8.36. The molecule has 0 atom stereocenters. The Morgan fingerprint density at radius 2 is 2.00 bits per heavy atom. The number of aliphatic carboxylic acids is 1. The minimum Gasteiger partial charge on any atom is -0.481 e. The van der Waals surface area contributed by atoms with Crippen molar-refractivity contribution < 1.29 is 27.8 Å². The van der Waals surface area contributed by atoms with Crippen molar-refractivity contribution in [2.45, 2.75) is 19.0 Å². The highest BCUT2D eigenvalue weighted by Gasteiger charge is 2.27. The molecule has 0 saturated heterocycles. The molecule has 1 N–H and O–H groups in total. The molecular formula is C9H16F3NO3. The third kappa shape index (κ3) is 11.3. The van der Waals surface area contributed by atoms with Crippen molar-refractivity contribution in [2.75, 3.05) is 33.4 Å². The van der Waals surface area contributed by atoms with Crippen LogP contribution < -0.4 is 0 Å². The van der Waals surface area contributed by atoms with Gasteiger partial charge in [-0.05, 0) is 20.0 Å². The second-order valence-electron chi connectivity index (χ2n) is 3.47. The molecule has 0 saturated carbocycles. The molecule has 0 aliphatic heterocycles. The largest absolute Gasteiger partial charge is 0.481 e. The van der Waals surface area contributed by atoms with Crippen LogP contribution >= 0.6 is 0 Å². The van der Waals surface area contributed by atoms with Gasteiger partial charge in [0.25, 0.3) is 0 Å². The van der Waals surface area contributed by atoms with Crippen molar-refractivity contribution in [3.63, 3.8) is 0 Å². The van der Waals surface area contributed by atoms with Gasteiger partial charge in [0, 0.05) is 13.0 Å². The molecule has 7 heteroatoms. The standard InChI is InChI=1S/C9H16F3NO3/c1-13(4-2-3-8(14)15)5-6-16-7-9(10,11)12/h2-7H2,1H3,(H,14,15). The number of alkyl halides is 3. The van der Waals surface area contributed by atoms with Gasteiger partial charge in [-0.2, -0.15) is 13.2 Å². The molecule has 0 aromatic rings. The molecule has 0 aliphatic carbocycles. The van der Waals surface area contributed by atoms with Crippen LogP contribution in [0.1, 0.15) is 12.8 Å². The lowest BCUT2D eigenvalue weighted by Gasteiger charge is -2.16. The molecule has 0 heterocycles. The van der Waals surface area contributed by atoms with Gasteiger partial charge in [-0.25, -0.2) is 0 Å². The number of hydrogen-bond donors (Lipinski definition) is 1. The fourth-order valence-corrected chi connectivity index (χ4v) is 1.02. The Morgan fingerprint density at radius 3 is 2.50 bits per heavy atom. The van der Waals surface area contributed by atoms with E-state index in [-0.39, 0.29) is 13.0 Å². The van der Waals surface area contributed by atoms with Crippen LogP contribution in [-0.2, 0) is 9.53 Å². The first kappa shape index (κ1) is 15.2. The molecule has 0 aromatic carbocycles. The van der Waals surface area contributed by atoms with Crippen molar-refractivity contribution >= 4 is 5.97 Å². The van der Waals surface area contributed by atoms with Gasteiger partial charge in [0.15, 0.2) is 0 Å². The van der Waals surface area contributed by atoms with E-state index in [1.165, 1.54) is 0 Å². The summed E-state index contributed by atoms with van der Waals surface area (Å²) in [6.45, 7) is -0.365. The minimum absolute atomic E-state index is 0.0108.